The Kier molecular flexibility index (Phi) is 7.06. The molecule has 1 aliphatic heterocycles. The van der Waals surface area contributed by atoms with Crippen molar-refractivity contribution >= 4 is 5.91 Å². The summed E-state index contributed by atoms with van der Waals surface area (Å²) in [5.74, 6) is 0.384. The Balaban J connectivity index is 1.62. The summed E-state index contributed by atoms with van der Waals surface area (Å²) >= 11 is 0. The SMILES string of the molecule is Cc1ccccc1C(C)CC(=O)NCCCN1CCC(O)CC1. The van der Waals surface area contributed by atoms with Crippen LogP contribution in [0.1, 0.15) is 49.7 Å². The number of hydrogen-bond donors (Lipinski definition) is 2. The summed E-state index contributed by atoms with van der Waals surface area (Å²) in [7, 11) is 0. The first-order valence-electron chi connectivity index (χ1n) is 8.79. The van der Waals surface area contributed by atoms with Crippen LogP contribution in [0.15, 0.2) is 24.3 Å². The van der Waals surface area contributed by atoms with Crippen LogP contribution in [-0.4, -0.2) is 48.2 Å². The van der Waals surface area contributed by atoms with Crippen molar-refractivity contribution < 1.29 is 9.90 Å². The van der Waals surface area contributed by atoms with Crippen LogP contribution >= 0.6 is 0 Å². The molecule has 0 bridgehead atoms. The van der Waals surface area contributed by atoms with Gasteiger partial charge >= 0.3 is 0 Å². The van der Waals surface area contributed by atoms with E-state index in [0.29, 0.717) is 6.42 Å². The van der Waals surface area contributed by atoms with Crippen LogP contribution in [0.5, 0.6) is 0 Å². The zero-order chi connectivity index (χ0) is 16.7. The minimum absolute atomic E-state index is 0.117. The largest absolute Gasteiger partial charge is 0.393 e. The number of hydrogen-bond acceptors (Lipinski definition) is 3. The van der Waals surface area contributed by atoms with Gasteiger partial charge in [-0.05, 0) is 49.8 Å². The Bertz CT molecular complexity index is 496. The zero-order valence-corrected chi connectivity index (χ0v) is 14.4. The Morgan fingerprint density at radius 1 is 1.35 bits per heavy atom. The minimum Gasteiger partial charge on any atom is -0.393 e. The van der Waals surface area contributed by atoms with Gasteiger partial charge in [0.15, 0.2) is 0 Å². The molecule has 1 saturated heterocycles. The van der Waals surface area contributed by atoms with Crippen LogP contribution in [0.2, 0.25) is 0 Å². The number of benzene rings is 1. The summed E-state index contributed by atoms with van der Waals surface area (Å²) in [6.45, 7) is 7.89. The summed E-state index contributed by atoms with van der Waals surface area (Å²) in [5, 5.41) is 12.5. The van der Waals surface area contributed by atoms with Gasteiger partial charge in [0, 0.05) is 26.1 Å². The molecule has 0 aromatic heterocycles. The third-order valence-electron chi connectivity index (χ3n) is 4.74. The Morgan fingerprint density at radius 2 is 2.04 bits per heavy atom. The summed E-state index contributed by atoms with van der Waals surface area (Å²) in [5.41, 5.74) is 2.51. The molecule has 1 atom stereocenters. The number of aryl methyl sites for hydroxylation is 1. The molecule has 0 aliphatic carbocycles. The van der Waals surface area contributed by atoms with E-state index < -0.39 is 0 Å². The number of likely N-dealkylation sites (tertiary alicyclic amines) is 1. The van der Waals surface area contributed by atoms with Gasteiger partial charge < -0.3 is 15.3 Å². The molecular formula is C19H30N2O2. The van der Waals surface area contributed by atoms with Crippen molar-refractivity contribution in [2.75, 3.05) is 26.2 Å². The lowest BCUT2D eigenvalue weighted by Gasteiger charge is -2.29. The van der Waals surface area contributed by atoms with Crippen LogP contribution in [0.3, 0.4) is 0 Å². The maximum atomic E-state index is 12.1. The number of nitrogens with one attached hydrogen (secondary N) is 1. The molecule has 1 fully saturated rings. The van der Waals surface area contributed by atoms with E-state index in [1.807, 2.05) is 12.1 Å². The standard InChI is InChI=1S/C19H30N2O2/c1-15-6-3-4-7-18(15)16(2)14-19(23)20-10-5-11-21-12-8-17(22)9-13-21/h3-4,6-7,16-17,22H,5,8-14H2,1-2H3,(H,20,23). The van der Waals surface area contributed by atoms with Gasteiger partial charge in [-0.15, -0.1) is 0 Å². The number of aliphatic hydroxyl groups excluding tert-OH is 1. The van der Waals surface area contributed by atoms with Crippen LogP contribution in [-0.2, 0) is 4.79 Å². The van der Waals surface area contributed by atoms with Crippen LogP contribution in [0, 0.1) is 6.92 Å². The molecule has 1 amide bonds. The molecule has 1 unspecified atom stereocenters. The lowest BCUT2D eigenvalue weighted by Crippen LogP contribution is -2.37. The molecule has 2 N–H and O–H groups in total. The molecule has 1 aliphatic rings. The summed E-state index contributed by atoms with van der Waals surface area (Å²) in [4.78, 5) is 14.4. The fourth-order valence-corrected chi connectivity index (χ4v) is 3.27. The molecule has 0 saturated carbocycles. The normalized spacial score (nSPS) is 17.9. The van der Waals surface area contributed by atoms with Gasteiger partial charge in [-0.1, -0.05) is 31.2 Å². The highest BCUT2D eigenvalue weighted by Crippen LogP contribution is 2.22. The Labute approximate surface area is 139 Å². The number of aliphatic hydroxyl groups is 1. The van der Waals surface area contributed by atoms with E-state index in [1.165, 1.54) is 11.1 Å². The molecule has 4 heteroatoms. The van der Waals surface area contributed by atoms with Crippen molar-refractivity contribution in [1.29, 1.82) is 0 Å². The fraction of sp³-hybridized carbons (Fsp3) is 0.632. The lowest BCUT2D eigenvalue weighted by molar-refractivity contribution is -0.121. The molecule has 0 spiro atoms. The highest BCUT2D eigenvalue weighted by molar-refractivity contribution is 5.76. The van der Waals surface area contributed by atoms with Crippen LogP contribution in [0.25, 0.3) is 0 Å². The van der Waals surface area contributed by atoms with Crippen molar-refractivity contribution in [3.8, 4) is 0 Å². The number of carbonyl (C=O) groups excluding carboxylic acids is 1. The molecule has 1 aromatic carbocycles. The average Bonchev–Trinajstić information content (AvgIpc) is 2.53. The summed E-state index contributed by atoms with van der Waals surface area (Å²) in [6, 6.07) is 8.27. The van der Waals surface area contributed by atoms with Gasteiger partial charge in [-0.2, -0.15) is 0 Å². The number of nitrogens with zero attached hydrogens (tertiary/aromatic N) is 1. The lowest BCUT2D eigenvalue weighted by atomic mass is 9.93. The van der Waals surface area contributed by atoms with E-state index in [9.17, 15) is 9.90 Å². The smallest absolute Gasteiger partial charge is 0.220 e. The average molecular weight is 318 g/mol. The second-order valence-corrected chi connectivity index (χ2v) is 6.74. The quantitative estimate of drug-likeness (QED) is 0.759. The minimum atomic E-state index is -0.117. The highest BCUT2D eigenvalue weighted by atomic mass is 16.3. The first-order chi connectivity index (χ1) is 11.1. The van der Waals surface area contributed by atoms with E-state index >= 15 is 0 Å². The predicted octanol–water partition coefficient (Wildman–Crippen LogP) is 2.45. The Morgan fingerprint density at radius 3 is 2.74 bits per heavy atom. The number of carbonyl (C=O) groups is 1. The second-order valence-electron chi connectivity index (χ2n) is 6.74. The number of amides is 1. The molecule has 1 heterocycles. The van der Waals surface area contributed by atoms with Crippen LogP contribution in [0.4, 0.5) is 0 Å². The van der Waals surface area contributed by atoms with Gasteiger partial charge in [0.2, 0.25) is 5.91 Å². The highest BCUT2D eigenvalue weighted by Gasteiger charge is 2.16. The maximum Gasteiger partial charge on any atom is 0.220 e. The fourth-order valence-electron chi connectivity index (χ4n) is 3.27. The van der Waals surface area contributed by atoms with Crippen molar-refractivity contribution in [3.05, 3.63) is 35.4 Å². The monoisotopic (exact) mass is 318 g/mol. The zero-order valence-electron chi connectivity index (χ0n) is 14.4. The molecule has 23 heavy (non-hydrogen) atoms. The van der Waals surface area contributed by atoms with Crippen molar-refractivity contribution in [2.45, 2.75) is 51.6 Å². The molecule has 1 aromatic rings. The Hall–Kier alpha value is -1.39. The van der Waals surface area contributed by atoms with Gasteiger partial charge in [0.1, 0.15) is 0 Å². The van der Waals surface area contributed by atoms with E-state index in [1.54, 1.807) is 0 Å². The van der Waals surface area contributed by atoms with E-state index in [0.717, 1.165) is 45.4 Å². The maximum absolute atomic E-state index is 12.1. The number of piperidine rings is 1. The molecule has 128 valence electrons. The third-order valence-corrected chi connectivity index (χ3v) is 4.74. The van der Waals surface area contributed by atoms with Crippen molar-refractivity contribution in [2.24, 2.45) is 0 Å². The summed E-state index contributed by atoms with van der Waals surface area (Å²) < 4.78 is 0. The van der Waals surface area contributed by atoms with Gasteiger partial charge in [-0.25, -0.2) is 0 Å². The molecule has 4 nitrogen and oxygen atoms in total. The summed E-state index contributed by atoms with van der Waals surface area (Å²) in [6.07, 6.45) is 3.15. The van der Waals surface area contributed by atoms with Gasteiger partial charge in [-0.3, -0.25) is 4.79 Å². The topological polar surface area (TPSA) is 52.6 Å². The molecule has 0 radical (unpaired) electrons. The van der Waals surface area contributed by atoms with Gasteiger partial charge in [0.25, 0.3) is 0 Å². The third kappa shape index (κ3) is 5.96. The van der Waals surface area contributed by atoms with E-state index in [-0.39, 0.29) is 17.9 Å². The van der Waals surface area contributed by atoms with Gasteiger partial charge in [0.05, 0.1) is 6.10 Å². The van der Waals surface area contributed by atoms with Crippen molar-refractivity contribution in [1.82, 2.24) is 10.2 Å². The van der Waals surface area contributed by atoms with Crippen molar-refractivity contribution in [3.63, 3.8) is 0 Å². The predicted molar refractivity (Wildman–Crippen MR) is 93.5 cm³/mol. The first kappa shape index (κ1) is 18.0. The van der Waals surface area contributed by atoms with E-state index in [4.69, 9.17) is 0 Å². The van der Waals surface area contributed by atoms with E-state index in [2.05, 4.69) is 36.2 Å². The molecule has 2 rings (SSSR count). The number of rotatable bonds is 7. The first-order valence-corrected chi connectivity index (χ1v) is 8.79. The van der Waals surface area contributed by atoms with Crippen LogP contribution < -0.4 is 5.32 Å². The second kappa shape index (κ2) is 9.04. The molecular weight excluding hydrogens is 288 g/mol.